The van der Waals surface area contributed by atoms with E-state index in [2.05, 4.69) is 0 Å². The van der Waals surface area contributed by atoms with Crippen molar-refractivity contribution >= 4 is 33.9 Å². The van der Waals surface area contributed by atoms with Gasteiger partial charge in [-0.25, -0.2) is 17.6 Å². The number of carbonyl (C=O) groups is 3. The molecule has 0 aliphatic carbocycles. The molecule has 2 aromatic carbocycles. The Morgan fingerprint density at radius 1 is 0.943 bits per heavy atom. The van der Waals surface area contributed by atoms with Crippen LogP contribution in [0.1, 0.15) is 41.6 Å². The van der Waals surface area contributed by atoms with Crippen LogP contribution >= 0.6 is 0 Å². The summed E-state index contributed by atoms with van der Waals surface area (Å²) in [6.07, 6.45) is 6.24. The Bertz CT molecular complexity index is 1190. The molecule has 11 heteroatoms. The highest BCUT2D eigenvalue weighted by Gasteiger charge is 2.24. The predicted octanol–water partition coefficient (Wildman–Crippen LogP) is 2.41. The monoisotopic (exact) mass is 503 g/mol. The highest BCUT2D eigenvalue weighted by molar-refractivity contribution is 7.89. The highest BCUT2D eigenvalue weighted by atomic mass is 32.2. The van der Waals surface area contributed by atoms with E-state index >= 15 is 0 Å². The van der Waals surface area contributed by atoms with Crippen molar-refractivity contribution in [3.8, 4) is 0 Å². The maximum Gasteiger partial charge on any atom is 0.331 e. The van der Waals surface area contributed by atoms with Crippen molar-refractivity contribution in [2.45, 2.75) is 30.6 Å². The van der Waals surface area contributed by atoms with Crippen LogP contribution in [0.2, 0.25) is 0 Å². The quantitative estimate of drug-likeness (QED) is 0.340. The second kappa shape index (κ2) is 12.2. The molecule has 2 amide bonds. The van der Waals surface area contributed by atoms with Crippen LogP contribution in [0.15, 0.2) is 59.5 Å². The van der Waals surface area contributed by atoms with Crippen molar-refractivity contribution in [2.75, 3.05) is 19.7 Å². The first-order chi connectivity index (χ1) is 16.8. The van der Waals surface area contributed by atoms with Gasteiger partial charge in [-0.1, -0.05) is 37.1 Å². The average molecular weight is 504 g/mol. The Labute approximate surface area is 203 Å². The third kappa shape index (κ3) is 7.46. The van der Waals surface area contributed by atoms with Crippen molar-refractivity contribution in [3.05, 3.63) is 71.6 Å². The molecule has 0 atom stereocenters. The first-order valence-electron chi connectivity index (χ1n) is 11.1. The summed E-state index contributed by atoms with van der Waals surface area (Å²) >= 11 is 0. The van der Waals surface area contributed by atoms with E-state index in [0.717, 1.165) is 37.8 Å². The number of halogens is 1. The first-order valence-corrected chi connectivity index (χ1v) is 12.5. The van der Waals surface area contributed by atoms with Crippen molar-refractivity contribution in [3.63, 3.8) is 0 Å². The fourth-order valence-electron chi connectivity index (χ4n) is 3.41. The summed E-state index contributed by atoms with van der Waals surface area (Å²) in [5, 5.41) is 0. The largest absolute Gasteiger partial charge is 0.452 e. The van der Waals surface area contributed by atoms with Gasteiger partial charge in [-0.3, -0.25) is 20.4 Å². The zero-order chi connectivity index (χ0) is 25.3. The minimum atomic E-state index is -3.56. The summed E-state index contributed by atoms with van der Waals surface area (Å²) in [7, 11) is -3.56. The zero-order valence-corrected chi connectivity index (χ0v) is 19.7. The molecule has 0 bridgehead atoms. The Morgan fingerprint density at radius 3 is 2.26 bits per heavy atom. The number of sulfonamides is 1. The van der Waals surface area contributed by atoms with Crippen molar-refractivity contribution in [1.29, 1.82) is 0 Å². The van der Waals surface area contributed by atoms with E-state index in [9.17, 15) is 27.2 Å². The molecule has 35 heavy (non-hydrogen) atoms. The maximum atomic E-state index is 13.5. The fourth-order valence-corrected chi connectivity index (χ4v) is 4.92. The molecule has 0 spiro atoms. The summed E-state index contributed by atoms with van der Waals surface area (Å²) < 4.78 is 45.5. The van der Waals surface area contributed by atoms with E-state index in [4.69, 9.17) is 4.74 Å². The standard InChI is InChI=1S/C24H26FN3O6S/c25-21-8-4-3-7-20(21)24(31)27-26-22(29)17-34-23(30)14-11-18-9-12-19(13-10-18)35(32,33)28-15-5-1-2-6-16-28/h3-4,7-14H,1-2,5-6,15-17H2,(H,26,29)(H,27,31). The number of hydrazine groups is 1. The van der Waals surface area contributed by atoms with Gasteiger partial charge >= 0.3 is 5.97 Å². The van der Waals surface area contributed by atoms with Crippen LogP contribution in [0.25, 0.3) is 6.08 Å². The van der Waals surface area contributed by atoms with Crippen LogP contribution in [-0.2, 0) is 24.3 Å². The SMILES string of the molecule is O=C(COC(=O)C=Cc1ccc(S(=O)(=O)N2CCCCCC2)cc1)NNC(=O)c1ccccc1F. The van der Waals surface area contributed by atoms with Gasteiger partial charge in [0.2, 0.25) is 10.0 Å². The van der Waals surface area contributed by atoms with Crippen LogP contribution in [0.5, 0.6) is 0 Å². The summed E-state index contributed by atoms with van der Waals surface area (Å²) in [4.78, 5) is 35.6. The molecule has 1 aliphatic rings. The number of hydrogen-bond donors (Lipinski definition) is 2. The van der Waals surface area contributed by atoms with Gasteiger partial charge in [-0.05, 0) is 48.7 Å². The van der Waals surface area contributed by atoms with Crippen LogP contribution in [-0.4, -0.2) is 50.2 Å². The number of esters is 1. The Balaban J connectivity index is 1.46. The second-order valence-corrected chi connectivity index (χ2v) is 9.75. The van der Waals surface area contributed by atoms with E-state index in [1.54, 1.807) is 12.1 Å². The van der Waals surface area contributed by atoms with Crippen molar-refractivity contribution in [1.82, 2.24) is 15.2 Å². The number of nitrogens with one attached hydrogen (secondary N) is 2. The summed E-state index contributed by atoms with van der Waals surface area (Å²) in [5.41, 5.74) is 4.36. The molecule has 2 N–H and O–H groups in total. The van der Waals surface area contributed by atoms with Crippen LogP contribution in [0, 0.1) is 5.82 Å². The Kier molecular flexibility index (Phi) is 9.10. The normalized spacial score (nSPS) is 14.8. The van der Waals surface area contributed by atoms with Gasteiger partial charge in [0.25, 0.3) is 11.8 Å². The molecule has 0 unspecified atom stereocenters. The average Bonchev–Trinajstić information content (AvgIpc) is 3.15. The van der Waals surface area contributed by atoms with Crippen LogP contribution in [0.4, 0.5) is 4.39 Å². The molecule has 0 radical (unpaired) electrons. The fraction of sp³-hybridized carbons (Fsp3) is 0.292. The van der Waals surface area contributed by atoms with Crippen LogP contribution < -0.4 is 10.9 Å². The first kappa shape index (κ1) is 26.0. The van der Waals surface area contributed by atoms with E-state index in [-0.39, 0.29) is 10.5 Å². The van der Waals surface area contributed by atoms with Crippen molar-refractivity contribution < 1.29 is 31.9 Å². The molecule has 1 saturated heterocycles. The number of rotatable bonds is 7. The molecule has 1 heterocycles. The number of hydrogen-bond acceptors (Lipinski definition) is 6. The van der Waals surface area contributed by atoms with E-state index in [0.29, 0.717) is 18.7 Å². The lowest BCUT2D eigenvalue weighted by Crippen LogP contribution is -2.43. The molecule has 3 rings (SSSR count). The smallest absolute Gasteiger partial charge is 0.331 e. The van der Waals surface area contributed by atoms with Gasteiger partial charge in [0.05, 0.1) is 10.5 Å². The summed E-state index contributed by atoms with van der Waals surface area (Å²) in [6.45, 7) is 0.347. The maximum absolute atomic E-state index is 13.5. The minimum Gasteiger partial charge on any atom is -0.452 e. The molecule has 0 saturated carbocycles. The topological polar surface area (TPSA) is 122 Å². The highest BCUT2D eigenvalue weighted by Crippen LogP contribution is 2.21. The molecule has 0 aromatic heterocycles. The minimum absolute atomic E-state index is 0.188. The molecule has 9 nitrogen and oxygen atoms in total. The van der Waals surface area contributed by atoms with Gasteiger partial charge in [-0.15, -0.1) is 0 Å². The molecular formula is C24H26FN3O6S. The number of ether oxygens (including phenoxy) is 1. The molecular weight excluding hydrogens is 477 g/mol. The molecule has 1 aliphatic heterocycles. The number of carbonyl (C=O) groups excluding carboxylic acids is 3. The Morgan fingerprint density at radius 2 is 1.60 bits per heavy atom. The molecule has 186 valence electrons. The van der Waals surface area contributed by atoms with Crippen molar-refractivity contribution in [2.24, 2.45) is 0 Å². The van der Waals surface area contributed by atoms with Gasteiger partial charge in [0.15, 0.2) is 6.61 Å². The summed E-state index contributed by atoms with van der Waals surface area (Å²) in [6, 6.07) is 11.3. The number of amides is 2. The Hall–Kier alpha value is -3.57. The van der Waals surface area contributed by atoms with E-state index in [1.807, 2.05) is 10.9 Å². The lowest BCUT2D eigenvalue weighted by atomic mass is 10.2. The van der Waals surface area contributed by atoms with E-state index in [1.165, 1.54) is 40.7 Å². The number of benzene rings is 2. The van der Waals surface area contributed by atoms with Gasteiger partial charge in [0, 0.05) is 19.2 Å². The van der Waals surface area contributed by atoms with Gasteiger partial charge < -0.3 is 4.74 Å². The zero-order valence-electron chi connectivity index (χ0n) is 18.9. The van der Waals surface area contributed by atoms with Gasteiger partial charge in [-0.2, -0.15) is 4.31 Å². The predicted molar refractivity (Wildman–Crippen MR) is 126 cm³/mol. The molecule has 2 aromatic rings. The lowest BCUT2D eigenvalue weighted by Gasteiger charge is -2.19. The second-order valence-electron chi connectivity index (χ2n) is 7.81. The summed E-state index contributed by atoms with van der Waals surface area (Å²) in [5.74, 6) is -3.24. The number of nitrogens with zero attached hydrogens (tertiary/aromatic N) is 1. The molecule has 1 fully saturated rings. The lowest BCUT2D eigenvalue weighted by molar-refractivity contribution is -0.144. The van der Waals surface area contributed by atoms with Crippen LogP contribution in [0.3, 0.4) is 0 Å². The third-order valence-corrected chi connectivity index (χ3v) is 7.19. The van der Waals surface area contributed by atoms with Gasteiger partial charge in [0.1, 0.15) is 5.82 Å². The third-order valence-electron chi connectivity index (χ3n) is 5.27. The van der Waals surface area contributed by atoms with E-state index < -0.39 is 40.2 Å².